The molecule has 1 amide bonds. The Hall–Kier alpha value is -1.75. The third-order valence-electron chi connectivity index (χ3n) is 2.54. The molecule has 0 aliphatic rings. The number of phenolic OH excluding ortho intramolecular Hbond substituents is 1. The molecule has 2 N–H and O–H groups in total. The van der Waals surface area contributed by atoms with E-state index in [4.69, 9.17) is 9.47 Å². The number of rotatable bonds is 7. The Labute approximate surface area is 113 Å². The molecule has 19 heavy (non-hydrogen) atoms. The van der Waals surface area contributed by atoms with Gasteiger partial charge in [-0.25, -0.2) is 0 Å². The number of amides is 1. The molecule has 1 aromatic rings. The molecule has 0 radical (unpaired) electrons. The zero-order valence-corrected chi connectivity index (χ0v) is 11.6. The maximum atomic E-state index is 11.7. The molecule has 0 fully saturated rings. The zero-order valence-electron chi connectivity index (χ0n) is 11.6. The van der Waals surface area contributed by atoms with E-state index in [0.717, 1.165) is 12.0 Å². The van der Waals surface area contributed by atoms with Gasteiger partial charge in [-0.05, 0) is 38.0 Å². The van der Waals surface area contributed by atoms with Gasteiger partial charge in [0.2, 0.25) is 0 Å². The number of nitrogens with one attached hydrogen (secondary N) is 1. The summed E-state index contributed by atoms with van der Waals surface area (Å²) < 4.78 is 10.4. The Kier molecular flexibility index (Phi) is 6.15. The Balaban J connectivity index is 2.44. The summed E-state index contributed by atoms with van der Waals surface area (Å²) in [6.07, 6.45) is 0.156. The number of hydrogen-bond acceptors (Lipinski definition) is 4. The molecular weight excluding hydrogens is 246 g/mol. The summed E-state index contributed by atoms with van der Waals surface area (Å²) in [7, 11) is 1.62. The highest BCUT2D eigenvalue weighted by Crippen LogP contribution is 2.22. The molecule has 0 saturated heterocycles. The average molecular weight is 267 g/mol. The normalized spacial score (nSPS) is 11.9. The molecule has 0 heterocycles. The van der Waals surface area contributed by atoms with Crippen LogP contribution in [0.3, 0.4) is 0 Å². The maximum absolute atomic E-state index is 11.7. The minimum Gasteiger partial charge on any atom is -0.508 e. The van der Waals surface area contributed by atoms with Crippen molar-refractivity contribution in [1.29, 1.82) is 0 Å². The number of carbonyl (C=O) groups excluding carboxylic acids is 1. The molecule has 1 aromatic carbocycles. The number of ether oxygens (including phenoxy) is 2. The number of aromatic hydroxyl groups is 1. The van der Waals surface area contributed by atoms with E-state index in [1.165, 1.54) is 6.07 Å². The summed E-state index contributed by atoms with van der Waals surface area (Å²) in [5, 5.41) is 12.2. The number of benzene rings is 1. The Morgan fingerprint density at radius 2 is 2.16 bits per heavy atom. The van der Waals surface area contributed by atoms with Gasteiger partial charge < -0.3 is 19.9 Å². The van der Waals surface area contributed by atoms with E-state index >= 15 is 0 Å². The predicted octanol–water partition coefficient (Wildman–Crippen LogP) is 1.62. The highest BCUT2D eigenvalue weighted by molar-refractivity contribution is 5.80. The first-order valence-electron chi connectivity index (χ1n) is 6.27. The van der Waals surface area contributed by atoms with E-state index in [1.807, 2.05) is 6.92 Å². The van der Waals surface area contributed by atoms with Crippen molar-refractivity contribution < 1.29 is 19.4 Å². The van der Waals surface area contributed by atoms with Crippen LogP contribution in [-0.2, 0) is 9.53 Å². The van der Waals surface area contributed by atoms with E-state index in [2.05, 4.69) is 5.32 Å². The van der Waals surface area contributed by atoms with Crippen molar-refractivity contribution in [2.45, 2.75) is 26.4 Å². The molecule has 0 spiro atoms. The molecule has 0 aliphatic heterocycles. The molecule has 0 saturated carbocycles. The van der Waals surface area contributed by atoms with Crippen LogP contribution < -0.4 is 10.1 Å². The SMILES string of the molecule is COCCCNC(=O)C(C)Oc1cc(C)cc(O)c1. The third-order valence-corrected chi connectivity index (χ3v) is 2.54. The molecule has 1 rings (SSSR count). The van der Waals surface area contributed by atoms with E-state index in [1.54, 1.807) is 26.2 Å². The average Bonchev–Trinajstić information content (AvgIpc) is 2.33. The Morgan fingerprint density at radius 1 is 1.42 bits per heavy atom. The van der Waals surface area contributed by atoms with Gasteiger partial charge in [0, 0.05) is 26.3 Å². The van der Waals surface area contributed by atoms with Crippen LogP contribution in [0.1, 0.15) is 18.9 Å². The van der Waals surface area contributed by atoms with Crippen molar-refractivity contribution >= 4 is 5.91 Å². The quantitative estimate of drug-likeness (QED) is 0.737. The first-order chi connectivity index (χ1) is 9.02. The lowest BCUT2D eigenvalue weighted by Gasteiger charge is -2.15. The number of phenols is 1. The van der Waals surface area contributed by atoms with E-state index in [-0.39, 0.29) is 11.7 Å². The van der Waals surface area contributed by atoms with Gasteiger partial charge in [-0.3, -0.25) is 4.79 Å². The Morgan fingerprint density at radius 3 is 2.79 bits per heavy atom. The highest BCUT2D eigenvalue weighted by atomic mass is 16.5. The lowest BCUT2D eigenvalue weighted by Crippen LogP contribution is -2.37. The van der Waals surface area contributed by atoms with Crippen molar-refractivity contribution in [2.75, 3.05) is 20.3 Å². The molecule has 1 atom stereocenters. The number of methoxy groups -OCH3 is 1. The smallest absolute Gasteiger partial charge is 0.260 e. The van der Waals surface area contributed by atoms with Crippen LogP contribution in [-0.4, -0.2) is 37.4 Å². The van der Waals surface area contributed by atoms with Crippen LogP contribution in [0.4, 0.5) is 0 Å². The van der Waals surface area contributed by atoms with E-state index in [9.17, 15) is 9.90 Å². The zero-order chi connectivity index (χ0) is 14.3. The summed E-state index contributed by atoms with van der Waals surface area (Å²) in [5.41, 5.74) is 0.878. The fourth-order valence-corrected chi connectivity index (χ4v) is 1.63. The summed E-state index contributed by atoms with van der Waals surface area (Å²) in [5.74, 6) is 0.428. The molecule has 106 valence electrons. The number of carbonyl (C=O) groups is 1. The van der Waals surface area contributed by atoms with Crippen LogP contribution in [0.15, 0.2) is 18.2 Å². The molecule has 0 aromatic heterocycles. The molecule has 0 aliphatic carbocycles. The summed E-state index contributed by atoms with van der Waals surface area (Å²) in [6, 6.07) is 4.89. The highest BCUT2D eigenvalue weighted by Gasteiger charge is 2.14. The van der Waals surface area contributed by atoms with Crippen molar-refractivity contribution in [3.63, 3.8) is 0 Å². The van der Waals surface area contributed by atoms with Crippen LogP contribution in [0.25, 0.3) is 0 Å². The number of aryl methyl sites for hydroxylation is 1. The van der Waals surface area contributed by atoms with Gasteiger partial charge in [-0.15, -0.1) is 0 Å². The number of hydrogen-bond donors (Lipinski definition) is 2. The molecule has 5 nitrogen and oxygen atoms in total. The standard InChI is InChI=1S/C14H21NO4/c1-10-7-12(16)9-13(8-10)19-11(2)14(17)15-5-4-6-18-3/h7-9,11,16H,4-6H2,1-3H3,(H,15,17). The molecule has 5 heteroatoms. The predicted molar refractivity (Wildman–Crippen MR) is 72.4 cm³/mol. The summed E-state index contributed by atoms with van der Waals surface area (Å²) >= 11 is 0. The van der Waals surface area contributed by atoms with Gasteiger partial charge in [0.05, 0.1) is 0 Å². The van der Waals surface area contributed by atoms with Crippen molar-refractivity contribution in [1.82, 2.24) is 5.32 Å². The van der Waals surface area contributed by atoms with Crippen LogP contribution >= 0.6 is 0 Å². The molecule has 0 bridgehead atoms. The third kappa shape index (κ3) is 5.61. The van der Waals surface area contributed by atoms with Gasteiger partial charge in [0.1, 0.15) is 11.5 Å². The fourth-order valence-electron chi connectivity index (χ4n) is 1.63. The van der Waals surface area contributed by atoms with Crippen LogP contribution in [0, 0.1) is 6.92 Å². The van der Waals surface area contributed by atoms with Gasteiger partial charge in [-0.1, -0.05) is 0 Å². The lowest BCUT2D eigenvalue weighted by molar-refractivity contribution is -0.127. The fraction of sp³-hybridized carbons (Fsp3) is 0.500. The van der Waals surface area contributed by atoms with Gasteiger partial charge >= 0.3 is 0 Å². The van der Waals surface area contributed by atoms with Gasteiger partial charge in [-0.2, -0.15) is 0 Å². The summed E-state index contributed by atoms with van der Waals surface area (Å²) in [6.45, 7) is 4.69. The summed E-state index contributed by atoms with van der Waals surface area (Å²) in [4.78, 5) is 11.7. The van der Waals surface area contributed by atoms with E-state index < -0.39 is 6.10 Å². The van der Waals surface area contributed by atoms with Crippen molar-refractivity contribution in [3.8, 4) is 11.5 Å². The van der Waals surface area contributed by atoms with E-state index in [0.29, 0.717) is 18.9 Å². The topological polar surface area (TPSA) is 67.8 Å². The first kappa shape index (κ1) is 15.3. The van der Waals surface area contributed by atoms with Crippen molar-refractivity contribution in [3.05, 3.63) is 23.8 Å². The largest absolute Gasteiger partial charge is 0.508 e. The lowest BCUT2D eigenvalue weighted by atomic mass is 10.2. The molecule has 1 unspecified atom stereocenters. The maximum Gasteiger partial charge on any atom is 0.260 e. The minimum absolute atomic E-state index is 0.128. The van der Waals surface area contributed by atoms with Crippen molar-refractivity contribution in [2.24, 2.45) is 0 Å². The van der Waals surface area contributed by atoms with Gasteiger partial charge in [0.15, 0.2) is 6.10 Å². The van der Waals surface area contributed by atoms with Crippen LogP contribution in [0.5, 0.6) is 11.5 Å². The monoisotopic (exact) mass is 267 g/mol. The van der Waals surface area contributed by atoms with Gasteiger partial charge in [0.25, 0.3) is 5.91 Å². The minimum atomic E-state index is -0.608. The second-order valence-corrected chi connectivity index (χ2v) is 4.40. The second kappa shape index (κ2) is 7.63. The first-order valence-corrected chi connectivity index (χ1v) is 6.27. The Bertz CT molecular complexity index is 400. The molecular formula is C14H21NO4. The van der Waals surface area contributed by atoms with Crippen LogP contribution in [0.2, 0.25) is 0 Å². The second-order valence-electron chi connectivity index (χ2n) is 4.40.